The van der Waals surface area contributed by atoms with Gasteiger partial charge in [0.15, 0.2) is 0 Å². The molecule has 2 N–H and O–H groups in total. The Hall–Kier alpha value is -1.48. The molecule has 1 aromatic heterocycles. The van der Waals surface area contributed by atoms with Crippen molar-refractivity contribution in [2.45, 2.75) is 13.5 Å². The van der Waals surface area contributed by atoms with Gasteiger partial charge in [0, 0.05) is 16.4 Å². The fourth-order valence-corrected chi connectivity index (χ4v) is 1.54. The molecule has 0 radical (unpaired) electrons. The minimum Gasteiger partial charge on any atom is -0.379 e. The van der Waals surface area contributed by atoms with Crippen LogP contribution < -0.4 is 5.32 Å². The number of aromatic nitrogens is 2. The molecule has 1 aromatic carbocycles. The van der Waals surface area contributed by atoms with Crippen molar-refractivity contribution in [1.29, 1.82) is 0 Å². The predicted octanol–water partition coefficient (Wildman–Crippen LogP) is 2.98. The van der Waals surface area contributed by atoms with Crippen molar-refractivity contribution in [3.8, 4) is 0 Å². The topological polar surface area (TPSA) is 40.7 Å². The Balaban J connectivity index is 2.02. The van der Waals surface area contributed by atoms with Gasteiger partial charge < -0.3 is 10.3 Å². The Bertz CT molecular complexity index is 451. The number of anilines is 1. The van der Waals surface area contributed by atoms with Crippen LogP contribution in [0.5, 0.6) is 0 Å². The number of benzene rings is 1. The fourth-order valence-electron chi connectivity index (χ4n) is 1.35. The number of halogens is 1. The maximum absolute atomic E-state index is 5.87. The Labute approximate surface area is 93.5 Å². The molecule has 0 spiro atoms. The van der Waals surface area contributed by atoms with E-state index in [9.17, 15) is 0 Å². The third-order valence-corrected chi connectivity index (χ3v) is 2.45. The number of rotatable bonds is 3. The first-order valence-corrected chi connectivity index (χ1v) is 5.12. The Morgan fingerprint density at radius 2 is 2.33 bits per heavy atom. The summed E-state index contributed by atoms with van der Waals surface area (Å²) < 4.78 is 0. The van der Waals surface area contributed by atoms with Gasteiger partial charge in [-0.1, -0.05) is 17.7 Å². The highest BCUT2D eigenvalue weighted by Crippen LogP contribution is 2.15. The summed E-state index contributed by atoms with van der Waals surface area (Å²) in [5.74, 6) is 0. The molecule has 0 amide bonds. The number of nitrogens with zero attached hydrogens (tertiary/aromatic N) is 1. The van der Waals surface area contributed by atoms with E-state index in [0.29, 0.717) is 6.54 Å². The molecular weight excluding hydrogens is 210 g/mol. The van der Waals surface area contributed by atoms with E-state index in [2.05, 4.69) is 15.3 Å². The number of hydrogen-bond donors (Lipinski definition) is 2. The molecule has 0 fully saturated rings. The Morgan fingerprint density at radius 1 is 1.47 bits per heavy atom. The lowest BCUT2D eigenvalue weighted by molar-refractivity contribution is 1.05. The normalized spacial score (nSPS) is 10.3. The van der Waals surface area contributed by atoms with Gasteiger partial charge in [0.05, 0.1) is 18.6 Å². The van der Waals surface area contributed by atoms with Crippen LogP contribution in [0.1, 0.15) is 11.4 Å². The van der Waals surface area contributed by atoms with E-state index in [4.69, 9.17) is 11.6 Å². The Morgan fingerprint density at radius 3 is 3.00 bits per heavy atom. The average Bonchev–Trinajstić information content (AvgIpc) is 2.61. The first-order chi connectivity index (χ1) is 7.25. The van der Waals surface area contributed by atoms with Gasteiger partial charge in [0.2, 0.25) is 0 Å². The molecule has 0 aliphatic heterocycles. The highest BCUT2D eigenvalue weighted by atomic mass is 35.5. The van der Waals surface area contributed by atoms with Gasteiger partial charge in [-0.2, -0.15) is 0 Å². The van der Waals surface area contributed by atoms with Crippen LogP contribution in [0.25, 0.3) is 0 Å². The highest BCUT2D eigenvalue weighted by molar-refractivity contribution is 6.30. The monoisotopic (exact) mass is 221 g/mol. The summed E-state index contributed by atoms with van der Waals surface area (Å²) in [6.45, 7) is 2.71. The molecule has 3 nitrogen and oxygen atoms in total. The smallest absolute Gasteiger partial charge is 0.0925 e. The average molecular weight is 222 g/mol. The maximum atomic E-state index is 5.87. The highest BCUT2D eigenvalue weighted by Gasteiger charge is 2.00. The van der Waals surface area contributed by atoms with Gasteiger partial charge >= 0.3 is 0 Å². The largest absolute Gasteiger partial charge is 0.379 e. The zero-order chi connectivity index (χ0) is 10.7. The molecule has 1 heterocycles. The summed E-state index contributed by atoms with van der Waals surface area (Å²) in [4.78, 5) is 7.24. The molecule has 4 heteroatoms. The van der Waals surface area contributed by atoms with Crippen molar-refractivity contribution in [3.63, 3.8) is 0 Å². The van der Waals surface area contributed by atoms with Crippen molar-refractivity contribution in [1.82, 2.24) is 9.97 Å². The quantitative estimate of drug-likeness (QED) is 0.837. The molecule has 15 heavy (non-hydrogen) atoms. The van der Waals surface area contributed by atoms with Gasteiger partial charge in [0.1, 0.15) is 0 Å². The van der Waals surface area contributed by atoms with E-state index in [1.165, 1.54) is 0 Å². The minimum atomic E-state index is 0.704. The van der Waals surface area contributed by atoms with Crippen molar-refractivity contribution >= 4 is 17.3 Å². The summed E-state index contributed by atoms with van der Waals surface area (Å²) in [5.41, 5.74) is 3.12. The third-order valence-electron chi connectivity index (χ3n) is 2.22. The second-order valence-corrected chi connectivity index (χ2v) is 3.77. The molecule has 0 saturated carbocycles. The lowest BCUT2D eigenvalue weighted by atomic mass is 10.3. The molecule has 0 aliphatic carbocycles. The second-order valence-electron chi connectivity index (χ2n) is 3.34. The van der Waals surface area contributed by atoms with Crippen molar-refractivity contribution < 1.29 is 0 Å². The Kier molecular flexibility index (Phi) is 2.92. The van der Waals surface area contributed by atoms with Crippen LogP contribution in [0, 0.1) is 6.92 Å². The van der Waals surface area contributed by atoms with E-state index in [1.807, 2.05) is 31.2 Å². The molecule has 0 aliphatic rings. The standard InChI is InChI=1S/C11H12ClN3/c1-8-11(15-7-14-8)6-13-10-4-2-3-9(12)5-10/h2-5,7,13H,6H2,1H3,(H,14,15). The summed E-state index contributed by atoms with van der Waals surface area (Å²) >= 11 is 5.87. The molecule has 2 aromatic rings. The van der Waals surface area contributed by atoms with Crippen LogP contribution in [-0.2, 0) is 6.54 Å². The van der Waals surface area contributed by atoms with E-state index < -0.39 is 0 Å². The lowest BCUT2D eigenvalue weighted by Gasteiger charge is -2.05. The molecular formula is C11H12ClN3. The van der Waals surface area contributed by atoms with Gasteiger partial charge in [0.25, 0.3) is 0 Å². The van der Waals surface area contributed by atoms with Crippen LogP contribution in [0.4, 0.5) is 5.69 Å². The SMILES string of the molecule is Cc1[nH]cnc1CNc1cccc(Cl)c1. The molecule has 0 saturated heterocycles. The van der Waals surface area contributed by atoms with Crippen LogP contribution in [0.2, 0.25) is 5.02 Å². The van der Waals surface area contributed by atoms with E-state index in [1.54, 1.807) is 6.33 Å². The summed E-state index contributed by atoms with van der Waals surface area (Å²) in [6, 6.07) is 7.64. The molecule has 0 atom stereocenters. The second kappa shape index (κ2) is 4.36. The number of nitrogens with one attached hydrogen (secondary N) is 2. The number of hydrogen-bond acceptors (Lipinski definition) is 2. The molecule has 2 rings (SSSR count). The van der Waals surface area contributed by atoms with Crippen molar-refractivity contribution in [2.75, 3.05) is 5.32 Å². The van der Waals surface area contributed by atoms with Crippen LogP contribution >= 0.6 is 11.6 Å². The number of H-pyrrole nitrogens is 1. The van der Waals surface area contributed by atoms with E-state index >= 15 is 0 Å². The molecule has 0 unspecified atom stereocenters. The summed E-state index contributed by atoms with van der Waals surface area (Å²) in [6.07, 6.45) is 1.70. The van der Waals surface area contributed by atoms with Gasteiger partial charge in [-0.05, 0) is 25.1 Å². The minimum absolute atomic E-state index is 0.704. The zero-order valence-corrected chi connectivity index (χ0v) is 9.17. The first-order valence-electron chi connectivity index (χ1n) is 4.74. The number of aryl methyl sites for hydroxylation is 1. The molecule has 0 bridgehead atoms. The van der Waals surface area contributed by atoms with Gasteiger partial charge in [-0.25, -0.2) is 4.98 Å². The van der Waals surface area contributed by atoms with Crippen LogP contribution in [-0.4, -0.2) is 9.97 Å². The third kappa shape index (κ3) is 2.50. The van der Waals surface area contributed by atoms with Gasteiger partial charge in [-0.3, -0.25) is 0 Å². The van der Waals surface area contributed by atoms with E-state index in [-0.39, 0.29) is 0 Å². The number of imidazole rings is 1. The summed E-state index contributed by atoms with van der Waals surface area (Å²) in [5, 5.41) is 4.00. The van der Waals surface area contributed by atoms with Crippen LogP contribution in [0.15, 0.2) is 30.6 Å². The van der Waals surface area contributed by atoms with E-state index in [0.717, 1.165) is 22.1 Å². The summed E-state index contributed by atoms with van der Waals surface area (Å²) in [7, 11) is 0. The zero-order valence-electron chi connectivity index (χ0n) is 8.42. The lowest BCUT2D eigenvalue weighted by Crippen LogP contribution is -2.00. The number of aromatic amines is 1. The molecule has 78 valence electrons. The fraction of sp³-hybridized carbons (Fsp3) is 0.182. The van der Waals surface area contributed by atoms with Crippen molar-refractivity contribution in [2.24, 2.45) is 0 Å². The predicted molar refractivity (Wildman–Crippen MR) is 62.1 cm³/mol. The van der Waals surface area contributed by atoms with Crippen LogP contribution in [0.3, 0.4) is 0 Å². The van der Waals surface area contributed by atoms with Crippen molar-refractivity contribution in [3.05, 3.63) is 47.0 Å². The van der Waals surface area contributed by atoms with Gasteiger partial charge in [-0.15, -0.1) is 0 Å². The maximum Gasteiger partial charge on any atom is 0.0925 e. The first kappa shape index (κ1) is 10.1.